The normalized spacial score (nSPS) is 22.5. The number of sulfone groups is 1. The lowest BCUT2D eigenvalue weighted by Crippen LogP contribution is -2.56. The number of likely N-dealkylation sites (tertiary alicyclic amines) is 1. The van der Waals surface area contributed by atoms with Crippen molar-refractivity contribution in [2.24, 2.45) is 0 Å². The third-order valence-corrected chi connectivity index (χ3v) is 7.65. The number of carbonyl (C=O) groups excluding carboxylic acids is 1. The lowest BCUT2D eigenvalue weighted by molar-refractivity contribution is 0.0534. The maximum atomic E-state index is 13.1. The lowest BCUT2D eigenvalue weighted by atomic mass is 9.87. The Balaban J connectivity index is 1.52. The van der Waals surface area contributed by atoms with Crippen molar-refractivity contribution in [2.75, 3.05) is 19.6 Å². The molecule has 2 aromatic carbocycles. The number of amides is 1. The van der Waals surface area contributed by atoms with Crippen molar-refractivity contribution in [3.05, 3.63) is 65.7 Å². The van der Waals surface area contributed by atoms with Gasteiger partial charge in [0.15, 0.2) is 9.84 Å². The molecule has 1 spiro atoms. The predicted molar refractivity (Wildman–Crippen MR) is 109 cm³/mol. The highest BCUT2D eigenvalue weighted by Crippen LogP contribution is 2.36. The Bertz CT molecular complexity index is 934. The summed E-state index contributed by atoms with van der Waals surface area (Å²) in [5, 5.41) is 3.43. The van der Waals surface area contributed by atoms with Crippen LogP contribution in [0.25, 0.3) is 0 Å². The van der Waals surface area contributed by atoms with Crippen LogP contribution in [0.5, 0.6) is 0 Å². The van der Waals surface area contributed by atoms with Gasteiger partial charge in [-0.3, -0.25) is 4.79 Å². The predicted octanol–water partition coefficient (Wildman–Crippen LogP) is 3.02. The second-order valence-corrected chi connectivity index (χ2v) is 9.82. The zero-order chi connectivity index (χ0) is 19.6. The van der Waals surface area contributed by atoms with Crippen molar-refractivity contribution < 1.29 is 13.2 Å². The number of rotatable bonds is 4. The molecule has 2 aliphatic rings. The second kappa shape index (κ2) is 7.68. The topological polar surface area (TPSA) is 66.5 Å². The van der Waals surface area contributed by atoms with Gasteiger partial charge in [0, 0.05) is 18.7 Å². The Morgan fingerprint density at radius 3 is 2.39 bits per heavy atom. The summed E-state index contributed by atoms with van der Waals surface area (Å²) in [5.41, 5.74) is 1.24. The van der Waals surface area contributed by atoms with Crippen molar-refractivity contribution in [2.45, 2.75) is 41.9 Å². The third-order valence-electron chi connectivity index (χ3n) is 5.95. The number of benzene rings is 2. The van der Waals surface area contributed by atoms with Gasteiger partial charge in [-0.05, 0) is 62.1 Å². The van der Waals surface area contributed by atoms with Gasteiger partial charge in [-0.2, -0.15) is 0 Å². The van der Waals surface area contributed by atoms with E-state index >= 15 is 0 Å². The minimum Gasteiger partial charge on any atom is -0.332 e. The maximum Gasteiger partial charge on any atom is 0.254 e. The minimum atomic E-state index is -3.44. The summed E-state index contributed by atoms with van der Waals surface area (Å²) in [6.45, 7) is 2.63. The first-order valence-electron chi connectivity index (χ1n) is 9.90. The molecule has 2 aromatic rings. The van der Waals surface area contributed by atoms with Gasteiger partial charge in [-0.1, -0.05) is 30.3 Å². The summed E-state index contributed by atoms with van der Waals surface area (Å²) >= 11 is 0. The van der Waals surface area contributed by atoms with Gasteiger partial charge in [0.1, 0.15) is 0 Å². The monoisotopic (exact) mass is 398 g/mol. The van der Waals surface area contributed by atoms with E-state index in [4.69, 9.17) is 0 Å². The van der Waals surface area contributed by atoms with E-state index in [1.165, 1.54) is 0 Å². The summed E-state index contributed by atoms with van der Waals surface area (Å²) in [5.74, 6) is -0.0320. The fourth-order valence-corrected chi connectivity index (χ4v) is 5.84. The molecular weight excluding hydrogens is 372 g/mol. The molecule has 1 N–H and O–H groups in total. The molecule has 6 heteroatoms. The molecule has 2 heterocycles. The Morgan fingerprint density at radius 1 is 1.00 bits per heavy atom. The molecule has 1 unspecified atom stereocenters. The van der Waals surface area contributed by atoms with Crippen LogP contribution in [0.15, 0.2) is 59.5 Å². The molecule has 2 saturated heterocycles. The standard InChI is InChI=1S/C22H26N2O3S/c25-21(24-15-5-13-22(24)12-4-14-23-17-22)19-8-10-20(11-9-19)28(26,27)16-18-6-2-1-3-7-18/h1-3,6-11,23H,4-5,12-17H2. The molecule has 0 bridgehead atoms. The highest BCUT2D eigenvalue weighted by atomic mass is 32.2. The fraction of sp³-hybridized carbons (Fsp3) is 0.409. The summed E-state index contributed by atoms with van der Waals surface area (Å²) in [4.78, 5) is 15.4. The van der Waals surface area contributed by atoms with E-state index in [1.54, 1.807) is 36.4 Å². The smallest absolute Gasteiger partial charge is 0.254 e. The molecule has 1 amide bonds. The SMILES string of the molecule is O=C(c1ccc(S(=O)(=O)Cc2ccccc2)cc1)N1CCCC12CCCNC2. The van der Waals surface area contributed by atoms with E-state index < -0.39 is 9.84 Å². The lowest BCUT2D eigenvalue weighted by Gasteiger charge is -2.42. The van der Waals surface area contributed by atoms with Crippen LogP contribution in [-0.4, -0.2) is 44.4 Å². The van der Waals surface area contributed by atoms with Crippen molar-refractivity contribution in [3.8, 4) is 0 Å². The molecular formula is C22H26N2O3S. The van der Waals surface area contributed by atoms with Crippen LogP contribution < -0.4 is 5.32 Å². The van der Waals surface area contributed by atoms with Crippen molar-refractivity contribution in [1.29, 1.82) is 0 Å². The van der Waals surface area contributed by atoms with Crippen LogP contribution in [0.3, 0.4) is 0 Å². The largest absolute Gasteiger partial charge is 0.332 e. The Morgan fingerprint density at radius 2 is 1.71 bits per heavy atom. The third kappa shape index (κ3) is 3.71. The number of hydrogen-bond donors (Lipinski definition) is 1. The van der Waals surface area contributed by atoms with Gasteiger partial charge in [0.2, 0.25) is 0 Å². The first-order chi connectivity index (χ1) is 13.5. The van der Waals surface area contributed by atoms with Crippen LogP contribution >= 0.6 is 0 Å². The highest BCUT2D eigenvalue weighted by Gasteiger charge is 2.44. The molecule has 28 heavy (non-hydrogen) atoms. The molecule has 4 rings (SSSR count). The number of hydrogen-bond acceptors (Lipinski definition) is 4. The first-order valence-corrected chi connectivity index (χ1v) is 11.5. The van der Waals surface area contributed by atoms with Crippen molar-refractivity contribution >= 4 is 15.7 Å². The fourth-order valence-electron chi connectivity index (χ4n) is 4.49. The van der Waals surface area contributed by atoms with Gasteiger partial charge < -0.3 is 10.2 Å². The van der Waals surface area contributed by atoms with Crippen LogP contribution in [0.4, 0.5) is 0 Å². The molecule has 148 valence electrons. The quantitative estimate of drug-likeness (QED) is 0.860. The van der Waals surface area contributed by atoms with Crippen molar-refractivity contribution in [3.63, 3.8) is 0 Å². The first kappa shape index (κ1) is 19.2. The van der Waals surface area contributed by atoms with E-state index in [0.29, 0.717) is 5.56 Å². The molecule has 2 fully saturated rings. The number of nitrogens with one attached hydrogen (secondary N) is 1. The van der Waals surface area contributed by atoms with E-state index in [1.807, 2.05) is 23.1 Å². The Kier molecular flexibility index (Phi) is 5.25. The Labute approximate surface area is 166 Å². The summed E-state index contributed by atoms with van der Waals surface area (Å²) in [6.07, 6.45) is 4.18. The van der Waals surface area contributed by atoms with Gasteiger partial charge in [0.05, 0.1) is 16.2 Å². The van der Waals surface area contributed by atoms with Crippen LogP contribution in [0.2, 0.25) is 0 Å². The molecule has 0 aromatic heterocycles. The highest BCUT2D eigenvalue weighted by molar-refractivity contribution is 7.90. The second-order valence-electron chi connectivity index (χ2n) is 7.83. The number of piperidine rings is 1. The maximum absolute atomic E-state index is 13.1. The van der Waals surface area contributed by atoms with Gasteiger partial charge in [-0.25, -0.2) is 8.42 Å². The van der Waals surface area contributed by atoms with Gasteiger partial charge in [-0.15, -0.1) is 0 Å². The van der Waals surface area contributed by atoms with Gasteiger partial charge >= 0.3 is 0 Å². The molecule has 0 aliphatic carbocycles. The van der Waals surface area contributed by atoms with E-state index in [2.05, 4.69) is 5.32 Å². The number of nitrogens with zero attached hydrogens (tertiary/aromatic N) is 1. The zero-order valence-electron chi connectivity index (χ0n) is 15.9. The summed E-state index contributed by atoms with van der Waals surface area (Å²) in [6, 6.07) is 15.6. The zero-order valence-corrected chi connectivity index (χ0v) is 16.7. The number of carbonyl (C=O) groups is 1. The van der Waals surface area contributed by atoms with Crippen molar-refractivity contribution in [1.82, 2.24) is 10.2 Å². The van der Waals surface area contributed by atoms with Gasteiger partial charge in [0.25, 0.3) is 5.91 Å². The molecule has 1 atom stereocenters. The molecule has 2 aliphatic heterocycles. The molecule has 0 saturated carbocycles. The van der Waals surface area contributed by atoms with E-state index in [-0.39, 0.29) is 22.1 Å². The van der Waals surface area contributed by atoms with E-state index in [0.717, 1.165) is 50.9 Å². The average Bonchev–Trinajstić information content (AvgIpc) is 3.11. The molecule has 0 radical (unpaired) electrons. The van der Waals surface area contributed by atoms with Crippen LogP contribution in [0.1, 0.15) is 41.6 Å². The van der Waals surface area contributed by atoms with Crippen LogP contribution in [0, 0.1) is 0 Å². The Hall–Kier alpha value is -2.18. The summed E-state index contributed by atoms with van der Waals surface area (Å²) < 4.78 is 25.4. The van der Waals surface area contributed by atoms with E-state index in [9.17, 15) is 13.2 Å². The average molecular weight is 399 g/mol. The minimum absolute atomic E-state index is 0.00760. The molecule has 5 nitrogen and oxygen atoms in total. The summed E-state index contributed by atoms with van der Waals surface area (Å²) in [7, 11) is -3.44. The van der Waals surface area contributed by atoms with Crippen LogP contribution in [-0.2, 0) is 15.6 Å².